The van der Waals surface area contributed by atoms with Gasteiger partial charge in [-0.1, -0.05) is 0 Å². The lowest BCUT2D eigenvalue weighted by molar-refractivity contribution is 0.0691. The molecule has 0 spiro atoms. The van der Waals surface area contributed by atoms with E-state index in [9.17, 15) is 4.79 Å². The zero-order valence-corrected chi connectivity index (χ0v) is 8.20. The Kier molecular flexibility index (Phi) is 1.69. The molecule has 0 saturated carbocycles. The smallest absolute Gasteiger partial charge is 0.352 e. The topological polar surface area (TPSA) is 53.1 Å². The number of H-pyrrole nitrogens is 1. The number of hydrogen-bond acceptors (Lipinski definition) is 2. The summed E-state index contributed by atoms with van der Waals surface area (Å²) in [7, 11) is 0. The Labute approximate surface area is 80.2 Å². The van der Waals surface area contributed by atoms with E-state index in [4.69, 9.17) is 5.11 Å². The molecule has 0 amide bonds. The summed E-state index contributed by atoms with van der Waals surface area (Å²) in [5, 5.41) is 10.6. The lowest BCUT2D eigenvalue weighted by Gasteiger charge is -1.84. The van der Waals surface area contributed by atoms with Gasteiger partial charge in [0.05, 0.1) is 14.7 Å². The molecule has 2 N–H and O–H groups in total. The van der Waals surface area contributed by atoms with Gasteiger partial charge in [-0.15, -0.1) is 11.3 Å². The van der Waals surface area contributed by atoms with E-state index in [1.54, 1.807) is 6.07 Å². The predicted molar refractivity (Wildman–Crippen MR) is 50.8 cm³/mol. The van der Waals surface area contributed by atoms with Gasteiger partial charge in [0.25, 0.3) is 0 Å². The first-order valence-electron chi connectivity index (χ1n) is 3.17. The van der Waals surface area contributed by atoms with Gasteiger partial charge >= 0.3 is 5.97 Å². The molecule has 0 saturated heterocycles. The van der Waals surface area contributed by atoms with Crippen LogP contribution in [0.1, 0.15) is 10.5 Å². The van der Waals surface area contributed by atoms with E-state index in [0.29, 0.717) is 0 Å². The number of halogens is 1. The van der Waals surface area contributed by atoms with Gasteiger partial charge in [-0.3, -0.25) is 0 Å². The average molecular weight is 246 g/mol. The third-order valence-corrected chi connectivity index (χ3v) is 3.40. The maximum Gasteiger partial charge on any atom is 0.352 e. The Balaban J connectivity index is 2.70. The zero-order chi connectivity index (χ0) is 8.72. The standard InChI is InChI=1S/C7H4BrNO2S/c8-3-2-12-5-1-4(7(10)11)9-6(3)5/h1-2,9H,(H,10,11). The summed E-state index contributed by atoms with van der Waals surface area (Å²) in [5.74, 6) is -0.926. The van der Waals surface area contributed by atoms with Gasteiger partial charge in [0.1, 0.15) is 5.69 Å². The summed E-state index contributed by atoms with van der Waals surface area (Å²) in [6, 6.07) is 1.63. The third kappa shape index (κ3) is 1.05. The van der Waals surface area contributed by atoms with Crippen LogP contribution in [0.3, 0.4) is 0 Å². The number of aromatic nitrogens is 1. The molecule has 0 aliphatic heterocycles. The quantitative estimate of drug-likeness (QED) is 0.812. The number of hydrogen-bond donors (Lipinski definition) is 2. The van der Waals surface area contributed by atoms with Gasteiger partial charge in [-0.25, -0.2) is 4.79 Å². The van der Waals surface area contributed by atoms with Crippen molar-refractivity contribution in [3.63, 3.8) is 0 Å². The van der Waals surface area contributed by atoms with E-state index in [-0.39, 0.29) is 5.69 Å². The summed E-state index contributed by atoms with van der Waals surface area (Å²) >= 11 is 4.83. The molecule has 0 radical (unpaired) electrons. The van der Waals surface area contributed by atoms with E-state index in [1.807, 2.05) is 5.38 Å². The molecule has 62 valence electrons. The number of nitrogens with one attached hydrogen (secondary N) is 1. The second kappa shape index (κ2) is 2.60. The molecule has 0 fully saturated rings. The van der Waals surface area contributed by atoms with Crippen molar-refractivity contribution in [2.45, 2.75) is 0 Å². The van der Waals surface area contributed by atoms with Crippen LogP contribution < -0.4 is 0 Å². The fourth-order valence-corrected chi connectivity index (χ4v) is 2.53. The first-order valence-corrected chi connectivity index (χ1v) is 4.85. The first-order chi connectivity index (χ1) is 5.68. The summed E-state index contributed by atoms with van der Waals surface area (Å²) < 4.78 is 1.87. The highest BCUT2D eigenvalue weighted by molar-refractivity contribution is 9.10. The Morgan fingerprint density at radius 3 is 3.00 bits per heavy atom. The van der Waals surface area contributed by atoms with Crippen molar-refractivity contribution in [1.29, 1.82) is 0 Å². The van der Waals surface area contributed by atoms with Gasteiger partial charge in [0, 0.05) is 5.38 Å². The number of carboxylic acids is 1. The summed E-state index contributed by atoms with van der Waals surface area (Å²) in [5.41, 5.74) is 1.09. The molecule has 0 aliphatic rings. The average Bonchev–Trinajstić information content (AvgIpc) is 2.53. The van der Waals surface area contributed by atoms with Crippen molar-refractivity contribution in [3.8, 4) is 0 Å². The largest absolute Gasteiger partial charge is 0.477 e. The minimum atomic E-state index is -0.926. The second-order valence-electron chi connectivity index (χ2n) is 2.31. The van der Waals surface area contributed by atoms with Crippen molar-refractivity contribution < 1.29 is 9.90 Å². The van der Waals surface area contributed by atoms with Gasteiger partial charge in [0.15, 0.2) is 0 Å². The highest BCUT2D eigenvalue weighted by Crippen LogP contribution is 2.30. The maximum atomic E-state index is 10.5. The molecular formula is C7H4BrNO2S. The summed E-state index contributed by atoms with van der Waals surface area (Å²) in [6.07, 6.45) is 0. The number of aromatic carboxylic acids is 1. The van der Waals surface area contributed by atoms with E-state index in [1.165, 1.54) is 11.3 Å². The predicted octanol–water partition coefficient (Wildman–Crippen LogP) is 2.69. The van der Waals surface area contributed by atoms with Gasteiger partial charge in [-0.05, 0) is 22.0 Å². The van der Waals surface area contributed by atoms with Crippen molar-refractivity contribution in [2.75, 3.05) is 0 Å². The van der Waals surface area contributed by atoms with E-state index < -0.39 is 5.97 Å². The maximum absolute atomic E-state index is 10.5. The Hall–Kier alpha value is -0.810. The highest BCUT2D eigenvalue weighted by Gasteiger charge is 2.10. The Bertz CT molecular complexity index is 445. The number of thiophene rings is 1. The van der Waals surface area contributed by atoms with Crippen molar-refractivity contribution in [2.24, 2.45) is 0 Å². The van der Waals surface area contributed by atoms with E-state index in [2.05, 4.69) is 20.9 Å². The molecule has 2 heterocycles. The number of fused-ring (bicyclic) bond motifs is 1. The number of aromatic amines is 1. The van der Waals surface area contributed by atoms with E-state index >= 15 is 0 Å². The van der Waals surface area contributed by atoms with Crippen molar-refractivity contribution in [3.05, 3.63) is 21.6 Å². The van der Waals surface area contributed by atoms with Crippen LogP contribution in [0.4, 0.5) is 0 Å². The molecule has 2 rings (SSSR count). The Morgan fingerprint density at radius 1 is 1.67 bits per heavy atom. The molecule has 5 heteroatoms. The number of carboxylic acid groups (broad SMARTS) is 1. The van der Waals surface area contributed by atoms with Crippen molar-refractivity contribution in [1.82, 2.24) is 4.98 Å². The van der Waals surface area contributed by atoms with Crippen LogP contribution >= 0.6 is 27.3 Å². The molecule has 3 nitrogen and oxygen atoms in total. The van der Waals surface area contributed by atoms with E-state index in [0.717, 1.165) is 14.7 Å². The minimum Gasteiger partial charge on any atom is -0.477 e. The van der Waals surface area contributed by atoms with Gasteiger partial charge in [0.2, 0.25) is 0 Å². The van der Waals surface area contributed by atoms with Crippen LogP contribution in [0.15, 0.2) is 15.9 Å². The van der Waals surface area contributed by atoms with Crippen LogP contribution in [0.2, 0.25) is 0 Å². The minimum absolute atomic E-state index is 0.234. The monoisotopic (exact) mass is 245 g/mol. The molecule has 12 heavy (non-hydrogen) atoms. The van der Waals surface area contributed by atoms with Crippen molar-refractivity contribution >= 4 is 43.5 Å². The van der Waals surface area contributed by atoms with Crippen LogP contribution in [0, 0.1) is 0 Å². The number of rotatable bonds is 1. The van der Waals surface area contributed by atoms with Crippen LogP contribution in [0.5, 0.6) is 0 Å². The van der Waals surface area contributed by atoms with Gasteiger partial charge < -0.3 is 10.1 Å². The molecule has 0 unspecified atom stereocenters. The fraction of sp³-hybridized carbons (Fsp3) is 0. The SMILES string of the molecule is O=C(O)c1cc2scc(Br)c2[nH]1. The van der Waals surface area contributed by atoms with Crippen LogP contribution in [-0.4, -0.2) is 16.1 Å². The number of carbonyl (C=O) groups is 1. The molecule has 2 aromatic rings. The molecule has 2 aromatic heterocycles. The second-order valence-corrected chi connectivity index (χ2v) is 4.08. The lowest BCUT2D eigenvalue weighted by Crippen LogP contribution is -1.94. The normalized spacial score (nSPS) is 10.8. The summed E-state index contributed by atoms with van der Waals surface area (Å²) in [6.45, 7) is 0. The first kappa shape index (κ1) is 7.82. The zero-order valence-electron chi connectivity index (χ0n) is 5.80. The fourth-order valence-electron chi connectivity index (χ4n) is 0.995. The van der Waals surface area contributed by atoms with Crippen LogP contribution in [-0.2, 0) is 0 Å². The lowest BCUT2D eigenvalue weighted by atomic mass is 10.4. The molecular weight excluding hydrogens is 242 g/mol. The summed E-state index contributed by atoms with van der Waals surface area (Å²) in [4.78, 5) is 13.3. The Morgan fingerprint density at radius 2 is 2.42 bits per heavy atom. The molecule has 0 aromatic carbocycles. The third-order valence-electron chi connectivity index (χ3n) is 1.54. The molecule has 0 atom stereocenters. The molecule has 0 bridgehead atoms. The molecule has 0 aliphatic carbocycles. The van der Waals surface area contributed by atoms with Gasteiger partial charge in [-0.2, -0.15) is 0 Å². The highest BCUT2D eigenvalue weighted by atomic mass is 79.9. The van der Waals surface area contributed by atoms with Crippen LogP contribution in [0.25, 0.3) is 10.2 Å².